The van der Waals surface area contributed by atoms with Crippen molar-refractivity contribution in [3.63, 3.8) is 0 Å². The van der Waals surface area contributed by atoms with Crippen molar-refractivity contribution in [3.8, 4) is 23.0 Å². The average Bonchev–Trinajstić information content (AvgIpc) is 3.30. The Morgan fingerprint density at radius 3 is 2.48 bits per heavy atom. The molecule has 0 spiro atoms. The standard InChI is InChI=1S/C25H24N2O6/c1-30-18-9-11-19(12-10-18)31-14-4-7-24(28)27-21-6-3-2-5-20(21)25(29)26-17-8-13-22-23(15-17)33-16-32-22/h2-3,5-6,8-13,15H,4,7,14,16H2,1H3,(H,26,29)(H,27,28). The molecule has 2 N–H and O–H groups in total. The van der Waals surface area contributed by atoms with E-state index in [0.29, 0.717) is 47.2 Å². The summed E-state index contributed by atoms with van der Waals surface area (Å²) in [7, 11) is 1.60. The van der Waals surface area contributed by atoms with Crippen LogP contribution in [0.25, 0.3) is 0 Å². The molecule has 0 aliphatic carbocycles. The first-order valence-corrected chi connectivity index (χ1v) is 10.5. The van der Waals surface area contributed by atoms with Crippen molar-refractivity contribution in [3.05, 3.63) is 72.3 Å². The number of ether oxygens (including phenoxy) is 4. The van der Waals surface area contributed by atoms with Crippen LogP contribution in [-0.4, -0.2) is 32.3 Å². The van der Waals surface area contributed by atoms with Gasteiger partial charge in [-0.1, -0.05) is 12.1 Å². The molecule has 0 atom stereocenters. The van der Waals surface area contributed by atoms with E-state index in [1.54, 1.807) is 49.6 Å². The van der Waals surface area contributed by atoms with Crippen molar-refractivity contribution in [2.45, 2.75) is 12.8 Å². The van der Waals surface area contributed by atoms with E-state index in [2.05, 4.69) is 10.6 Å². The molecule has 0 saturated carbocycles. The minimum Gasteiger partial charge on any atom is -0.497 e. The first-order valence-electron chi connectivity index (χ1n) is 10.5. The van der Waals surface area contributed by atoms with Gasteiger partial charge in [-0.3, -0.25) is 9.59 Å². The predicted molar refractivity (Wildman–Crippen MR) is 123 cm³/mol. The summed E-state index contributed by atoms with van der Waals surface area (Å²) in [6.45, 7) is 0.554. The van der Waals surface area contributed by atoms with Gasteiger partial charge in [0.05, 0.1) is 25.0 Å². The van der Waals surface area contributed by atoms with Crippen LogP contribution in [0.15, 0.2) is 66.7 Å². The Bertz CT molecular complexity index is 1130. The van der Waals surface area contributed by atoms with Crippen LogP contribution in [0.2, 0.25) is 0 Å². The van der Waals surface area contributed by atoms with Gasteiger partial charge in [0.25, 0.3) is 5.91 Å². The summed E-state index contributed by atoms with van der Waals surface area (Å²) >= 11 is 0. The fourth-order valence-corrected chi connectivity index (χ4v) is 3.27. The third-order valence-electron chi connectivity index (χ3n) is 4.95. The lowest BCUT2D eigenvalue weighted by molar-refractivity contribution is -0.116. The molecular weight excluding hydrogens is 424 g/mol. The molecule has 3 aromatic carbocycles. The van der Waals surface area contributed by atoms with Gasteiger partial charge in [-0.25, -0.2) is 0 Å². The largest absolute Gasteiger partial charge is 0.497 e. The lowest BCUT2D eigenvalue weighted by Gasteiger charge is -2.12. The van der Waals surface area contributed by atoms with E-state index in [-0.39, 0.29) is 25.0 Å². The molecular formula is C25H24N2O6. The Balaban J connectivity index is 1.29. The number of hydrogen-bond donors (Lipinski definition) is 2. The second-order valence-corrected chi connectivity index (χ2v) is 7.24. The van der Waals surface area contributed by atoms with Crippen LogP contribution in [0.3, 0.4) is 0 Å². The van der Waals surface area contributed by atoms with Crippen LogP contribution >= 0.6 is 0 Å². The number of fused-ring (bicyclic) bond motifs is 1. The van der Waals surface area contributed by atoms with Gasteiger partial charge in [0, 0.05) is 18.2 Å². The topological polar surface area (TPSA) is 95.1 Å². The number of carbonyl (C=O) groups is 2. The highest BCUT2D eigenvalue weighted by atomic mass is 16.7. The van der Waals surface area contributed by atoms with Gasteiger partial charge in [0.2, 0.25) is 12.7 Å². The van der Waals surface area contributed by atoms with Gasteiger partial charge in [0.15, 0.2) is 11.5 Å². The van der Waals surface area contributed by atoms with E-state index in [9.17, 15) is 9.59 Å². The minimum absolute atomic E-state index is 0.159. The van der Waals surface area contributed by atoms with Crippen molar-refractivity contribution >= 4 is 23.2 Å². The molecule has 0 radical (unpaired) electrons. The van der Waals surface area contributed by atoms with Gasteiger partial charge < -0.3 is 29.6 Å². The molecule has 8 heteroatoms. The Kier molecular flexibility index (Phi) is 6.94. The summed E-state index contributed by atoms with van der Waals surface area (Å²) in [6.07, 6.45) is 0.789. The fraction of sp³-hybridized carbons (Fsp3) is 0.200. The van der Waals surface area contributed by atoms with Crippen LogP contribution in [-0.2, 0) is 4.79 Å². The number of methoxy groups -OCH3 is 1. The van der Waals surface area contributed by atoms with E-state index in [0.717, 1.165) is 5.75 Å². The number of carbonyl (C=O) groups excluding carboxylic acids is 2. The fourth-order valence-electron chi connectivity index (χ4n) is 3.27. The molecule has 2 amide bonds. The molecule has 170 valence electrons. The zero-order chi connectivity index (χ0) is 23.0. The minimum atomic E-state index is -0.340. The van der Waals surface area contributed by atoms with Crippen molar-refractivity contribution in [1.29, 1.82) is 0 Å². The molecule has 1 aliphatic heterocycles. The highest BCUT2D eigenvalue weighted by molar-refractivity contribution is 6.10. The highest BCUT2D eigenvalue weighted by Crippen LogP contribution is 2.34. The van der Waals surface area contributed by atoms with Gasteiger partial charge in [0.1, 0.15) is 11.5 Å². The smallest absolute Gasteiger partial charge is 0.257 e. The second kappa shape index (κ2) is 10.4. The van der Waals surface area contributed by atoms with Crippen LogP contribution in [0.5, 0.6) is 23.0 Å². The highest BCUT2D eigenvalue weighted by Gasteiger charge is 2.17. The maximum atomic E-state index is 12.8. The third-order valence-corrected chi connectivity index (χ3v) is 4.95. The van der Waals surface area contributed by atoms with Crippen LogP contribution in [0, 0.1) is 0 Å². The van der Waals surface area contributed by atoms with Crippen LogP contribution in [0.1, 0.15) is 23.2 Å². The number of nitrogens with one attached hydrogen (secondary N) is 2. The monoisotopic (exact) mass is 448 g/mol. The van der Waals surface area contributed by atoms with Gasteiger partial charge in [-0.15, -0.1) is 0 Å². The van der Waals surface area contributed by atoms with Crippen molar-refractivity contribution < 1.29 is 28.5 Å². The zero-order valence-electron chi connectivity index (χ0n) is 18.1. The van der Waals surface area contributed by atoms with Gasteiger partial charge in [-0.05, 0) is 55.0 Å². The number of amides is 2. The van der Waals surface area contributed by atoms with Crippen molar-refractivity contribution in [1.82, 2.24) is 0 Å². The summed E-state index contributed by atoms with van der Waals surface area (Å²) in [4.78, 5) is 25.2. The molecule has 0 aromatic heterocycles. The quantitative estimate of drug-likeness (QED) is 0.469. The molecule has 3 aromatic rings. The Hall–Kier alpha value is -4.20. The van der Waals surface area contributed by atoms with Crippen molar-refractivity contribution in [2.75, 3.05) is 31.1 Å². The summed E-state index contributed by atoms with van der Waals surface area (Å²) < 4.78 is 21.4. The normalized spacial score (nSPS) is 11.5. The molecule has 8 nitrogen and oxygen atoms in total. The molecule has 1 heterocycles. The summed E-state index contributed by atoms with van der Waals surface area (Å²) in [5.41, 5.74) is 1.37. The lowest BCUT2D eigenvalue weighted by atomic mass is 10.1. The summed E-state index contributed by atoms with van der Waals surface area (Å²) in [5, 5.41) is 5.64. The maximum Gasteiger partial charge on any atom is 0.257 e. The molecule has 0 fully saturated rings. The average molecular weight is 448 g/mol. The molecule has 4 rings (SSSR count). The van der Waals surface area contributed by atoms with E-state index in [4.69, 9.17) is 18.9 Å². The van der Waals surface area contributed by atoms with Gasteiger partial charge in [-0.2, -0.15) is 0 Å². The molecule has 0 unspecified atom stereocenters. The molecule has 33 heavy (non-hydrogen) atoms. The number of anilines is 2. The second-order valence-electron chi connectivity index (χ2n) is 7.24. The number of rotatable bonds is 9. The Morgan fingerprint density at radius 2 is 1.67 bits per heavy atom. The SMILES string of the molecule is COc1ccc(OCCCC(=O)Nc2ccccc2C(=O)Nc2ccc3c(c2)OCO3)cc1. The number of para-hydroxylation sites is 1. The number of hydrogen-bond acceptors (Lipinski definition) is 6. The Morgan fingerprint density at radius 1 is 0.909 bits per heavy atom. The van der Waals surface area contributed by atoms with Crippen LogP contribution < -0.4 is 29.6 Å². The molecule has 0 bridgehead atoms. The Labute approximate surface area is 191 Å². The van der Waals surface area contributed by atoms with Crippen LogP contribution in [0.4, 0.5) is 11.4 Å². The lowest BCUT2D eigenvalue weighted by Crippen LogP contribution is -2.18. The zero-order valence-corrected chi connectivity index (χ0v) is 18.1. The first kappa shape index (κ1) is 22.0. The van der Waals surface area contributed by atoms with Crippen molar-refractivity contribution in [2.24, 2.45) is 0 Å². The van der Waals surface area contributed by atoms with E-state index in [1.807, 2.05) is 24.3 Å². The maximum absolute atomic E-state index is 12.8. The van der Waals surface area contributed by atoms with E-state index >= 15 is 0 Å². The van der Waals surface area contributed by atoms with E-state index < -0.39 is 0 Å². The van der Waals surface area contributed by atoms with E-state index in [1.165, 1.54) is 0 Å². The third kappa shape index (κ3) is 5.74. The predicted octanol–water partition coefficient (Wildman–Crippen LogP) is 4.47. The number of benzene rings is 3. The summed E-state index contributed by atoms with van der Waals surface area (Å²) in [6, 6.07) is 19.3. The summed E-state index contributed by atoms with van der Waals surface area (Å²) in [5.74, 6) is 2.14. The van der Waals surface area contributed by atoms with Gasteiger partial charge >= 0.3 is 0 Å². The molecule has 1 aliphatic rings. The molecule has 0 saturated heterocycles. The first-order chi connectivity index (χ1) is 16.1.